The number of ether oxygens (including phenoxy) is 2. The summed E-state index contributed by atoms with van der Waals surface area (Å²) in [7, 11) is 0. The van der Waals surface area contributed by atoms with E-state index >= 15 is 0 Å². The SMILES string of the molecule is O=C(OCc1ccccc1)[C@@H]1C[C@@H]([Se]c2ccccc2)CN1C(=O)OCc1ccccc1. The van der Waals surface area contributed by atoms with Crippen LogP contribution < -0.4 is 4.46 Å². The molecule has 1 amide bonds. The van der Waals surface area contributed by atoms with Crippen LogP contribution >= 0.6 is 0 Å². The van der Waals surface area contributed by atoms with Gasteiger partial charge in [-0.3, -0.25) is 0 Å². The normalized spacial score (nSPS) is 17.7. The summed E-state index contributed by atoms with van der Waals surface area (Å²) in [6.45, 7) is 0.863. The molecule has 4 rings (SSSR count). The van der Waals surface area contributed by atoms with E-state index in [9.17, 15) is 9.59 Å². The zero-order valence-corrected chi connectivity index (χ0v) is 19.3. The summed E-state index contributed by atoms with van der Waals surface area (Å²) < 4.78 is 12.4. The summed E-state index contributed by atoms with van der Waals surface area (Å²) in [4.78, 5) is 27.6. The number of nitrogens with zero attached hydrogens (tertiary/aromatic N) is 1. The summed E-state index contributed by atoms with van der Waals surface area (Å²) in [6.07, 6.45) is 0.116. The van der Waals surface area contributed by atoms with E-state index < -0.39 is 12.1 Å². The Hall–Kier alpha value is -3.08. The first-order chi connectivity index (χ1) is 15.7. The summed E-state index contributed by atoms with van der Waals surface area (Å²) in [5, 5.41) is 0. The Kier molecular flexibility index (Phi) is 7.59. The fourth-order valence-electron chi connectivity index (χ4n) is 3.63. The second-order valence-corrected chi connectivity index (χ2v) is 10.5. The number of hydrogen-bond acceptors (Lipinski definition) is 4. The van der Waals surface area contributed by atoms with Crippen LogP contribution in [0.1, 0.15) is 17.5 Å². The van der Waals surface area contributed by atoms with E-state index in [2.05, 4.69) is 12.1 Å². The van der Waals surface area contributed by atoms with E-state index in [4.69, 9.17) is 9.47 Å². The molecule has 1 fully saturated rings. The molecule has 6 heteroatoms. The van der Waals surface area contributed by atoms with Gasteiger partial charge in [0.15, 0.2) is 0 Å². The van der Waals surface area contributed by atoms with Gasteiger partial charge in [0.1, 0.15) is 0 Å². The summed E-state index contributed by atoms with van der Waals surface area (Å²) >= 11 is 0.147. The second kappa shape index (κ2) is 11.0. The van der Waals surface area contributed by atoms with Gasteiger partial charge in [-0.15, -0.1) is 0 Å². The minimum absolute atomic E-state index is 0.147. The Labute approximate surface area is 194 Å². The van der Waals surface area contributed by atoms with Gasteiger partial charge in [-0.05, 0) is 0 Å². The molecule has 0 bridgehead atoms. The van der Waals surface area contributed by atoms with E-state index in [1.165, 1.54) is 4.46 Å². The van der Waals surface area contributed by atoms with Crippen LogP contribution in [-0.4, -0.2) is 44.5 Å². The van der Waals surface area contributed by atoms with Gasteiger partial charge >= 0.3 is 195 Å². The van der Waals surface area contributed by atoms with Crippen molar-refractivity contribution in [1.82, 2.24) is 4.90 Å². The van der Waals surface area contributed by atoms with Crippen LogP contribution in [0.5, 0.6) is 0 Å². The van der Waals surface area contributed by atoms with Crippen LogP contribution in [0.3, 0.4) is 0 Å². The van der Waals surface area contributed by atoms with Gasteiger partial charge < -0.3 is 0 Å². The molecule has 32 heavy (non-hydrogen) atoms. The molecule has 0 unspecified atom stereocenters. The van der Waals surface area contributed by atoms with Crippen molar-refractivity contribution in [2.45, 2.75) is 30.5 Å². The summed E-state index contributed by atoms with van der Waals surface area (Å²) in [5.74, 6) is -0.378. The van der Waals surface area contributed by atoms with Crippen molar-refractivity contribution in [3.8, 4) is 0 Å². The van der Waals surface area contributed by atoms with Gasteiger partial charge in [0.05, 0.1) is 0 Å². The molecular formula is C26H25NO4Se. The van der Waals surface area contributed by atoms with Crippen molar-refractivity contribution in [3.63, 3.8) is 0 Å². The first-order valence-electron chi connectivity index (χ1n) is 10.6. The van der Waals surface area contributed by atoms with E-state index in [-0.39, 0.29) is 39.0 Å². The quantitative estimate of drug-likeness (QED) is 0.369. The number of carbonyl (C=O) groups excluding carboxylic acids is 2. The van der Waals surface area contributed by atoms with Crippen LogP contribution in [0.25, 0.3) is 0 Å². The fourth-order valence-corrected chi connectivity index (χ4v) is 6.17. The third kappa shape index (κ3) is 6.00. The molecule has 1 heterocycles. The molecule has 0 spiro atoms. The van der Waals surface area contributed by atoms with Gasteiger partial charge in [0.25, 0.3) is 0 Å². The zero-order chi connectivity index (χ0) is 22.2. The molecule has 2 atom stereocenters. The third-order valence-corrected chi connectivity index (χ3v) is 7.80. The number of benzene rings is 3. The van der Waals surface area contributed by atoms with Gasteiger partial charge in [-0.2, -0.15) is 0 Å². The first-order valence-corrected chi connectivity index (χ1v) is 12.4. The van der Waals surface area contributed by atoms with Crippen LogP contribution in [0.15, 0.2) is 91.0 Å². The Morgan fingerprint density at radius 1 is 0.781 bits per heavy atom. The first kappa shape index (κ1) is 22.1. The molecule has 1 saturated heterocycles. The number of esters is 1. The molecule has 0 radical (unpaired) electrons. The molecule has 3 aromatic rings. The molecular weight excluding hydrogens is 469 g/mol. The van der Waals surface area contributed by atoms with Crippen molar-refractivity contribution in [2.24, 2.45) is 0 Å². The van der Waals surface area contributed by atoms with Gasteiger partial charge in [-0.25, -0.2) is 0 Å². The summed E-state index contributed by atoms with van der Waals surface area (Å²) in [6, 6.07) is 28.7. The van der Waals surface area contributed by atoms with Crippen LogP contribution in [0.2, 0.25) is 4.82 Å². The summed E-state index contributed by atoms with van der Waals surface area (Å²) in [5.41, 5.74) is 1.83. The van der Waals surface area contributed by atoms with Gasteiger partial charge in [0, 0.05) is 0 Å². The molecule has 0 N–H and O–H groups in total. The second-order valence-electron chi connectivity index (χ2n) is 7.59. The molecule has 0 aliphatic carbocycles. The fraction of sp³-hybridized carbons (Fsp3) is 0.231. The van der Waals surface area contributed by atoms with Crippen molar-refractivity contribution < 1.29 is 19.1 Å². The van der Waals surface area contributed by atoms with Crippen molar-refractivity contribution in [3.05, 3.63) is 102 Å². The molecule has 0 aromatic heterocycles. The molecule has 1 aliphatic heterocycles. The van der Waals surface area contributed by atoms with Crippen LogP contribution in [0, 0.1) is 0 Å². The molecule has 3 aromatic carbocycles. The van der Waals surface area contributed by atoms with E-state index in [1.54, 1.807) is 4.90 Å². The molecule has 164 valence electrons. The standard InChI is InChI=1S/C26H25NO4Se/c28-25(30-18-20-10-4-1-5-11-20)24-16-23(32-22-14-8-3-9-15-22)17-27(24)26(29)31-19-21-12-6-2-7-13-21/h1-15,23-24H,16-19H2/t23-,24+/m1/s1. The molecule has 1 aliphatic rings. The average molecular weight is 494 g/mol. The van der Waals surface area contributed by atoms with Crippen LogP contribution in [-0.2, 0) is 27.5 Å². The van der Waals surface area contributed by atoms with Gasteiger partial charge in [-0.1, -0.05) is 0 Å². The topological polar surface area (TPSA) is 55.8 Å². The van der Waals surface area contributed by atoms with Crippen molar-refractivity contribution in [2.75, 3.05) is 6.54 Å². The van der Waals surface area contributed by atoms with E-state index in [0.29, 0.717) is 13.0 Å². The van der Waals surface area contributed by atoms with Gasteiger partial charge in [0.2, 0.25) is 0 Å². The Balaban J connectivity index is 1.42. The minimum atomic E-state index is -0.627. The number of hydrogen-bond donors (Lipinski definition) is 0. The molecule has 5 nitrogen and oxygen atoms in total. The number of amides is 1. The predicted molar refractivity (Wildman–Crippen MR) is 124 cm³/mol. The average Bonchev–Trinajstić information content (AvgIpc) is 3.27. The van der Waals surface area contributed by atoms with Crippen LogP contribution in [0.4, 0.5) is 4.79 Å². The Bertz CT molecular complexity index is 950. The Morgan fingerprint density at radius 2 is 1.31 bits per heavy atom. The number of likely N-dealkylation sites (tertiary alicyclic amines) is 1. The van der Waals surface area contributed by atoms with E-state index in [1.807, 2.05) is 78.9 Å². The number of rotatable bonds is 7. The molecule has 0 saturated carbocycles. The maximum absolute atomic E-state index is 12.9. The Morgan fingerprint density at radius 3 is 1.91 bits per heavy atom. The maximum atomic E-state index is 12.9. The monoisotopic (exact) mass is 495 g/mol. The van der Waals surface area contributed by atoms with E-state index in [0.717, 1.165) is 11.1 Å². The predicted octanol–water partition coefficient (Wildman–Crippen LogP) is 3.96. The number of carbonyl (C=O) groups is 2. The third-order valence-electron chi connectivity index (χ3n) is 5.24. The zero-order valence-electron chi connectivity index (χ0n) is 17.6. The van der Waals surface area contributed by atoms with Crippen molar-refractivity contribution >= 4 is 31.5 Å². The van der Waals surface area contributed by atoms with Crippen molar-refractivity contribution in [1.29, 1.82) is 0 Å².